The Morgan fingerprint density at radius 2 is 1.81 bits per heavy atom. The standard InChI is InChI=1S/C17H11ClN2O6/c18-13-14(19-11-4-2-1-3-5-11)17(26-16(13)22)25-15(21)10-6-8-12(9-7-10)20(23)24/h1-9,17,19H. The van der Waals surface area contributed by atoms with Gasteiger partial charge in [-0.05, 0) is 24.3 Å². The zero-order valence-corrected chi connectivity index (χ0v) is 13.8. The van der Waals surface area contributed by atoms with Gasteiger partial charge in [0.05, 0.1) is 10.5 Å². The number of carbonyl (C=O) groups is 2. The fourth-order valence-electron chi connectivity index (χ4n) is 2.18. The second-order valence-corrected chi connectivity index (χ2v) is 5.54. The molecule has 1 N–H and O–H groups in total. The minimum atomic E-state index is -1.35. The van der Waals surface area contributed by atoms with Crippen molar-refractivity contribution >= 4 is 34.9 Å². The summed E-state index contributed by atoms with van der Waals surface area (Å²) in [7, 11) is 0. The van der Waals surface area contributed by atoms with Crippen LogP contribution in [0.25, 0.3) is 0 Å². The summed E-state index contributed by atoms with van der Waals surface area (Å²) in [6, 6.07) is 13.6. The fraction of sp³-hybridized carbons (Fsp3) is 0.0588. The van der Waals surface area contributed by atoms with Crippen LogP contribution in [0.5, 0.6) is 0 Å². The number of non-ortho nitro benzene ring substituents is 1. The summed E-state index contributed by atoms with van der Waals surface area (Å²) in [5.41, 5.74) is 0.616. The maximum Gasteiger partial charge on any atom is 0.355 e. The lowest BCUT2D eigenvalue weighted by Gasteiger charge is -2.16. The highest BCUT2D eigenvalue weighted by molar-refractivity contribution is 6.42. The predicted molar refractivity (Wildman–Crippen MR) is 91.3 cm³/mol. The molecule has 0 saturated heterocycles. The van der Waals surface area contributed by atoms with Gasteiger partial charge in [-0.1, -0.05) is 29.8 Å². The first kappa shape index (κ1) is 17.4. The highest BCUT2D eigenvalue weighted by atomic mass is 35.5. The van der Waals surface area contributed by atoms with Crippen LogP contribution in [0.4, 0.5) is 11.4 Å². The summed E-state index contributed by atoms with van der Waals surface area (Å²) in [6.07, 6.45) is -1.35. The molecule has 0 aromatic heterocycles. The zero-order valence-electron chi connectivity index (χ0n) is 13.0. The molecular formula is C17H11ClN2O6. The number of nitrogens with zero attached hydrogens (tertiary/aromatic N) is 1. The van der Waals surface area contributed by atoms with Crippen molar-refractivity contribution in [2.75, 3.05) is 5.32 Å². The van der Waals surface area contributed by atoms with E-state index in [1.807, 2.05) is 6.07 Å². The van der Waals surface area contributed by atoms with Crippen molar-refractivity contribution in [2.24, 2.45) is 0 Å². The number of anilines is 1. The molecule has 1 unspecified atom stereocenters. The first-order valence-electron chi connectivity index (χ1n) is 7.34. The summed E-state index contributed by atoms with van der Waals surface area (Å²) in [4.78, 5) is 34.0. The molecule has 0 bridgehead atoms. The second-order valence-electron chi connectivity index (χ2n) is 5.17. The minimum Gasteiger partial charge on any atom is -0.415 e. The molecule has 2 aromatic rings. The number of nitro benzene ring substituents is 1. The molecule has 2 aromatic carbocycles. The van der Waals surface area contributed by atoms with Crippen LogP contribution in [0.1, 0.15) is 10.4 Å². The second kappa shape index (κ2) is 7.24. The topological polar surface area (TPSA) is 108 Å². The van der Waals surface area contributed by atoms with E-state index in [0.29, 0.717) is 5.69 Å². The van der Waals surface area contributed by atoms with Gasteiger partial charge >= 0.3 is 11.9 Å². The van der Waals surface area contributed by atoms with E-state index in [2.05, 4.69) is 5.32 Å². The molecule has 0 spiro atoms. The van der Waals surface area contributed by atoms with Crippen LogP contribution in [-0.4, -0.2) is 23.2 Å². The Labute approximate surface area is 152 Å². The average Bonchev–Trinajstić information content (AvgIpc) is 2.90. The Bertz CT molecular complexity index is 895. The van der Waals surface area contributed by atoms with Gasteiger partial charge in [0, 0.05) is 17.8 Å². The first-order chi connectivity index (χ1) is 12.5. The van der Waals surface area contributed by atoms with Gasteiger partial charge in [-0.15, -0.1) is 0 Å². The Morgan fingerprint density at radius 1 is 1.15 bits per heavy atom. The number of para-hydroxylation sites is 1. The molecule has 0 fully saturated rings. The lowest BCUT2D eigenvalue weighted by atomic mass is 10.2. The molecule has 26 heavy (non-hydrogen) atoms. The lowest BCUT2D eigenvalue weighted by molar-refractivity contribution is -0.384. The molecule has 132 valence electrons. The minimum absolute atomic E-state index is 0.0636. The number of hydrogen-bond acceptors (Lipinski definition) is 7. The van der Waals surface area contributed by atoms with Crippen LogP contribution < -0.4 is 5.32 Å². The average molecular weight is 375 g/mol. The van der Waals surface area contributed by atoms with Crippen LogP contribution >= 0.6 is 11.6 Å². The van der Waals surface area contributed by atoms with Gasteiger partial charge in [0.15, 0.2) is 5.03 Å². The summed E-state index contributed by atoms with van der Waals surface area (Å²) >= 11 is 5.93. The van der Waals surface area contributed by atoms with Gasteiger partial charge in [-0.3, -0.25) is 10.1 Å². The summed E-state index contributed by atoms with van der Waals surface area (Å²) in [6.45, 7) is 0. The maximum absolute atomic E-state index is 12.2. The number of ether oxygens (including phenoxy) is 2. The summed E-state index contributed by atoms with van der Waals surface area (Å²) < 4.78 is 10.1. The van der Waals surface area contributed by atoms with Gasteiger partial charge in [-0.25, -0.2) is 9.59 Å². The van der Waals surface area contributed by atoms with Crippen LogP contribution in [0.3, 0.4) is 0 Å². The summed E-state index contributed by atoms with van der Waals surface area (Å²) in [5.74, 6) is -1.65. The quantitative estimate of drug-likeness (QED) is 0.486. The fourth-order valence-corrected chi connectivity index (χ4v) is 2.36. The van der Waals surface area contributed by atoms with Crippen molar-refractivity contribution in [1.82, 2.24) is 0 Å². The van der Waals surface area contributed by atoms with Crippen molar-refractivity contribution in [3.63, 3.8) is 0 Å². The van der Waals surface area contributed by atoms with Crippen molar-refractivity contribution in [3.05, 3.63) is 81.0 Å². The predicted octanol–water partition coefficient (Wildman–Crippen LogP) is 3.20. The summed E-state index contributed by atoms with van der Waals surface area (Å²) in [5, 5.41) is 13.3. The Balaban J connectivity index is 1.76. The molecule has 8 nitrogen and oxygen atoms in total. The van der Waals surface area contributed by atoms with Crippen molar-refractivity contribution in [3.8, 4) is 0 Å². The van der Waals surface area contributed by atoms with E-state index in [0.717, 1.165) is 0 Å². The van der Waals surface area contributed by atoms with Crippen molar-refractivity contribution in [2.45, 2.75) is 6.29 Å². The number of rotatable bonds is 5. The van der Waals surface area contributed by atoms with Crippen molar-refractivity contribution < 1.29 is 24.0 Å². The first-order valence-corrected chi connectivity index (χ1v) is 7.71. The number of benzene rings is 2. The highest BCUT2D eigenvalue weighted by Gasteiger charge is 2.36. The van der Waals surface area contributed by atoms with Crippen LogP contribution in [-0.2, 0) is 14.3 Å². The SMILES string of the molecule is O=C1OC(OC(=O)c2ccc([N+](=O)[O-])cc2)C(Nc2ccccc2)=C1Cl. The van der Waals surface area contributed by atoms with E-state index in [1.54, 1.807) is 24.3 Å². The smallest absolute Gasteiger partial charge is 0.355 e. The number of nitrogens with one attached hydrogen (secondary N) is 1. The molecule has 0 aliphatic carbocycles. The van der Waals surface area contributed by atoms with Crippen LogP contribution in [0.15, 0.2) is 65.3 Å². The van der Waals surface area contributed by atoms with E-state index in [1.165, 1.54) is 24.3 Å². The molecular weight excluding hydrogens is 364 g/mol. The number of halogens is 1. The molecule has 0 radical (unpaired) electrons. The third-order valence-corrected chi connectivity index (χ3v) is 3.80. The maximum atomic E-state index is 12.2. The third-order valence-electron chi connectivity index (χ3n) is 3.45. The molecule has 3 rings (SSSR count). The van der Waals surface area contributed by atoms with E-state index >= 15 is 0 Å². The normalized spacial score (nSPS) is 16.2. The van der Waals surface area contributed by atoms with E-state index in [-0.39, 0.29) is 22.0 Å². The molecule has 9 heteroatoms. The van der Waals surface area contributed by atoms with E-state index in [9.17, 15) is 19.7 Å². The van der Waals surface area contributed by atoms with Crippen LogP contribution in [0, 0.1) is 10.1 Å². The molecule has 1 heterocycles. The molecule has 1 atom stereocenters. The monoisotopic (exact) mass is 374 g/mol. The van der Waals surface area contributed by atoms with Gasteiger partial charge in [0.2, 0.25) is 0 Å². The zero-order chi connectivity index (χ0) is 18.7. The van der Waals surface area contributed by atoms with Crippen LogP contribution in [0.2, 0.25) is 0 Å². The van der Waals surface area contributed by atoms with E-state index in [4.69, 9.17) is 21.1 Å². The number of cyclic esters (lactones) is 1. The number of carbonyl (C=O) groups excluding carboxylic acids is 2. The van der Waals surface area contributed by atoms with Crippen molar-refractivity contribution in [1.29, 1.82) is 0 Å². The molecule has 0 saturated carbocycles. The largest absolute Gasteiger partial charge is 0.415 e. The molecule has 1 aliphatic rings. The van der Waals surface area contributed by atoms with E-state index < -0.39 is 23.2 Å². The Hall–Kier alpha value is -3.39. The van der Waals surface area contributed by atoms with Gasteiger partial charge in [-0.2, -0.15) is 0 Å². The molecule has 0 amide bonds. The van der Waals surface area contributed by atoms with Gasteiger partial charge < -0.3 is 14.8 Å². The number of nitro groups is 1. The third kappa shape index (κ3) is 3.65. The highest BCUT2D eigenvalue weighted by Crippen LogP contribution is 2.28. The van der Waals surface area contributed by atoms with Gasteiger partial charge in [0.25, 0.3) is 12.0 Å². The number of hydrogen-bond donors (Lipinski definition) is 1. The lowest BCUT2D eigenvalue weighted by Crippen LogP contribution is -2.24. The molecule has 1 aliphatic heterocycles. The Kier molecular flexibility index (Phi) is 4.85. The Morgan fingerprint density at radius 3 is 2.42 bits per heavy atom. The number of esters is 2. The van der Waals surface area contributed by atoms with Gasteiger partial charge in [0.1, 0.15) is 5.70 Å².